The summed E-state index contributed by atoms with van der Waals surface area (Å²) in [6.45, 7) is 4.68. The predicted molar refractivity (Wildman–Crippen MR) is 102 cm³/mol. The Morgan fingerprint density at radius 3 is 2.63 bits per heavy atom. The molecule has 0 aliphatic carbocycles. The molecule has 27 heavy (non-hydrogen) atoms. The van der Waals surface area contributed by atoms with Gasteiger partial charge in [0.15, 0.2) is 11.6 Å². The highest BCUT2D eigenvalue weighted by atomic mass is 19.1. The van der Waals surface area contributed by atoms with Crippen molar-refractivity contribution < 1.29 is 9.18 Å². The summed E-state index contributed by atoms with van der Waals surface area (Å²) < 4.78 is 14.5. The summed E-state index contributed by atoms with van der Waals surface area (Å²) in [5.41, 5.74) is 3.05. The number of carbonyl (C=O) groups excluding carboxylic acids is 1. The van der Waals surface area contributed by atoms with E-state index >= 15 is 0 Å². The summed E-state index contributed by atoms with van der Waals surface area (Å²) in [6, 6.07) is 8.35. The molecule has 0 bridgehead atoms. The van der Waals surface area contributed by atoms with Gasteiger partial charge in [0.05, 0.1) is 5.69 Å². The summed E-state index contributed by atoms with van der Waals surface area (Å²) >= 11 is 0. The molecule has 1 saturated heterocycles. The number of aromatic nitrogens is 2. The fourth-order valence-electron chi connectivity index (χ4n) is 4.14. The lowest BCUT2D eigenvalue weighted by Gasteiger charge is -2.36. The number of amides is 1. The van der Waals surface area contributed by atoms with E-state index in [-0.39, 0.29) is 17.6 Å². The Kier molecular flexibility index (Phi) is 5.05. The number of aryl methyl sites for hydroxylation is 1. The van der Waals surface area contributed by atoms with Gasteiger partial charge in [-0.3, -0.25) is 4.79 Å². The van der Waals surface area contributed by atoms with Crippen molar-refractivity contribution in [3.05, 3.63) is 53.2 Å². The standard InChI is InChI=1S/C21H25FN4O/c1-2-18-19(22)20(24-14-23-18)25-10-8-16(9-11-25)21(27)26-12-7-15-5-3-4-6-17(15)13-26/h3-6,14,16H,2,7-13H2,1H3. The molecule has 0 N–H and O–H groups in total. The number of rotatable bonds is 3. The molecule has 2 aliphatic heterocycles. The number of piperidine rings is 1. The third-order valence-corrected chi connectivity index (χ3v) is 5.76. The molecule has 2 aliphatic rings. The average molecular weight is 368 g/mol. The molecule has 3 heterocycles. The van der Waals surface area contributed by atoms with Crippen LogP contribution in [0.15, 0.2) is 30.6 Å². The van der Waals surface area contributed by atoms with Gasteiger partial charge in [-0.25, -0.2) is 14.4 Å². The molecular weight excluding hydrogens is 343 g/mol. The quantitative estimate of drug-likeness (QED) is 0.836. The van der Waals surface area contributed by atoms with Gasteiger partial charge < -0.3 is 9.80 Å². The molecule has 0 spiro atoms. The molecule has 1 aromatic heterocycles. The summed E-state index contributed by atoms with van der Waals surface area (Å²) in [4.78, 5) is 25.1. The van der Waals surface area contributed by atoms with Crippen molar-refractivity contribution in [1.29, 1.82) is 0 Å². The highest BCUT2D eigenvalue weighted by Gasteiger charge is 2.31. The monoisotopic (exact) mass is 368 g/mol. The molecule has 0 saturated carbocycles. The topological polar surface area (TPSA) is 49.3 Å². The number of halogens is 1. The zero-order chi connectivity index (χ0) is 18.8. The number of nitrogens with zero attached hydrogens (tertiary/aromatic N) is 4. The van der Waals surface area contributed by atoms with Crippen molar-refractivity contribution in [2.24, 2.45) is 5.92 Å². The second-order valence-electron chi connectivity index (χ2n) is 7.35. The van der Waals surface area contributed by atoms with Crippen LogP contribution in [0, 0.1) is 11.7 Å². The Morgan fingerprint density at radius 2 is 1.89 bits per heavy atom. The molecule has 6 heteroatoms. The summed E-state index contributed by atoms with van der Waals surface area (Å²) in [7, 11) is 0. The average Bonchev–Trinajstić information content (AvgIpc) is 2.73. The van der Waals surface area contributed by atoms with Crippen LogP contribution < -0.4 is 4.90 Å². The number of hydrogen-bond donors (Lipinski definition) is 0. The maximum absolute atomic E-state index is 14.5. The van der Waals surface area contributed by atoms with Crippen molar-refractivity contribution in [3.63, 3.8) is 0 Å². The minimum Gasteiger partial charge on any atom is -0.354 e. The third-order valence-electron chi connectivity index (χ3n) is 5.76. The molecule has 1 amide bonds. The van der Waals surface area contributed by atoms with Crippen molar-refractivity contribution in [1.82, 2.24) is 14.9 Å². The maximum Gasteiger partial charge on any atom is 0.226 e. The summed E-state index contributed by atoms with van der Waals surface area (Å²) in [6.07, 6.45) is 4.38. The Labute approximate surface area is 159 Å². The van der Waals surface area contributed by atoms with Crippen LogP contribution in [0.3, 0.4) is 0 Å². The zero-order valence-corrected chi connectivity index (χ0v) is 15.7. The van der Waals surface area contributed by atoms with Gasteiger partial charge in [0.2, 0.25) is 5.91 Å². The van der Waals surface area contributed by atoms with Crippen LogP contribution >= 0.6 is 0 Å². The molecule has 2 aromatic rings. The fraction of sp³-hybridized carbons (Fsp3) is 0.476. The van der Waals surface area contributed by atoms with Gasteiger partial charge >= 0.3 is 0 Å². The van der Waals surface area contributed by atoms with E-state index in [2.05, 4.69) is 28.2 Å². The SMILES string of the molecule is CCc1ncnc(N2CCC(C(=O)N3CCc4ccccc4C3)CC2)c1F. The molecule has 0 radical (unpaired) electrons. The molecular formula is C21H25FN4O. The van der Waals surface area contributed by atoms with E-state index in [1.165, 1.54) is 17.5 Å². The van der Waals surface area contributed by atoms with Crippen LogP contribution in [0.4, 0.5) is 10.2 Å². The smallest absolute Gasteiger partial charge is 0.226 e. The largest absolute Gasteiger partial charge is 0.354 e. The van der Waals surface area contributed by atoms with E-state index in [0.29, 0.717) is 37.6 Å². The minimum atomic E-state index is -0.322. The Hall–Kier alpha value is -2.50. The second-order valence-corrected chi connectivity index (χ2v) is 7.35. The van der Waals surface area contributed by atoms with Gasteiger partial charge in [-0.1, -0.05) is 31.2 Å². The number of benzene rings is 1. The Morgan fingerprint density at radius 1 is 1.15 bits per heavy atom. The van der Waals surface area contributed by atoms with E-state index < -0.39 is 0 Å². The third kappa shape index (κ3) is 3.53. The number of carbonyl (C=O) groups is 1. The molecule has 142 valence electrons. The molecule has 4 rings (SSSR count). The van der Waals surface area contributed by atoms with Crippen molar-refractivity contribution in [3.8, 4) is 0 Å². The van der Waals surface area contributed by atoms with Gasteiger partial charge in [0.1, 0.15) is 6.33 Å². The molecule has 0 atom stereocenters. The lowest BCUT2D eigenvalue weighted by molar-refractivity contribution is -0.137. The number of hydrogen-bond acceptors (Lipinski definition) is 4. The zero-order valence-electron chi connectivity index (χ0n) is 15.7. The first-order valence-corrected chi connectivity index (χ1v) is 9.77. The minimum absolute atomic E-state index is 0.0158. The number of fused-ring (bicyclic) bond motifs is 1. The van der Waals surface area contributed by atoms with E-state index in [1.54, 1.807) is 0 Å². The fourth-order valence-corrected chi connectivity index (χ4v) is 4.14. The first-order valence-electron chi connectivity index (χ1n) is 9.77. The Balaban J connectivity index is 1.39. The van der Waals surface area contributed by atoms with E-state index in [0.717, 1.165) is 25.8 Å². The first-order chi connectivity index (χ1) is 13.2. The highest BCUT2D eigenvalue weighted by molar-refractivity contribution is 5.79. The second kappa shape index (κ2) is 7.62. The van der Waals surface area contributed by atoms with Gasteiger partial charge in [-0.15, -0.1) is 0 Å². The normalized spacial score (nSPS) is 17.7. The van der Waals surface area contributed by atoms with E-state index in [1.807, 2.05) is 22.8 Å². The molecule has 5 nitrogen and oxygen atoms in total. The van der Waals surface area contributed by atoms with Crippen LogP contribution in [0.25, 0.3) is 0 Å². The van der Waals surface area contributed by atoms with Gasteiger partial charge in [-0.2, -0.15) is 0 Å². The van der Waals surface area contributed by atoms with Crippen molar-refractivity contribution >= 4 is 11.7 Å². The van der Waals surface area contributed by atoms with Crippen LogP contribution in [0.5, 0.6) is 0 Å². The first kappa shape index (κ1) is 17.9. The van der Waals surface area contributed by atoms with Crippen LogP contribution in [-0.2, 0) is 24.2 Å². The van der Waals surface area contributed by atoms with E-state index in [4.69, 9.17) is 0 Å². The lowest BCUT2D eigenvalue weighted by Crippen LogP contribution is -2.44. The maximum atomic E-state index is 14.5. The Bertz CT molecular complexity index is 833. The van der Waals surface area contributed by atoms with Crippen LogP contribution in [-0.4, -0.2) is 40.4 Å². The summed E-state index contributed by atoms with van der Waals surface area (Å²) in [5, 5.41) is 0. The van der Waals surface area contributed by atoms with Gasteiger partial charge in [0.25, 0.3) is 0 Å². The molecule has 1 aromatic carbocycles. The predicted octanol–water partition coefficient (Wildman–Crippen LogP) is 2.98. The van der Waals surface area contributed by atoms with E-state index in [9.17, 15) is 9.18 Å². The summed E-state index contributed by atoms with van der Waals surface area (Å²) in [5.74, 6) is 0.306. The number of anilines is 1. The van der Waals surface area contributed by atoms with Gasteiger partial charge in [-0.05, 0) is 36.8 Å². The van der Waals surface area contributed by atoms with Crippen molar-refractivity contribution in [2.75, 3.05) is 24.5 Å². The molecule has 1 fully saturated rings. The lowest BCUT2D eigenvalue weighted by atomic mass is 9.93. The molecule has 0 unspecified atom stereocenters. The van der Waals surface area contributed by atoms with Crippen LogP contribution in [0.2, 0.25) is 0 Å². The van der Waals surface area contributed by atoms with Crippen LogP contribution in [0.1, 0.15) is 36.6 Å². The van der Waals surface area contributed by atoms with Gasteiger partial charge in [0, 0.05) is 32.1 Å². The highest BCUT2D eigenvalue weighted by Crippen LogP contribution is 2.28. The van der Waals surface area contributed by atoms with Crippen molar-refractivity contribution in [2.45, 2.75) is 39.2 Å².